The van der Waals surface area contributed by atoms with Crippen molar-refractivity contribution in [1.29, 1.82) is 0 Å². The van der Waals surface area contributed by atoms with E-state index in [1.165, 1.54) is 11.0 Å². The maximum atomic E-state index is 13.2. The molecule has 0 saturated heterocycles. The first kappa shape index (κ1) is 16.9. The van der Waals surface area contributed by atoms with Crippen molar-refractivity contribution in [3.05, 3.63) is 46.9 Å². The summed E-state index contributed by atoms with van der Waals surface area (Å²) in [7, 11) is 1.62. The van der Waals surface area contributed by atoms with Gasteiger partial charge < -0.3 is 14.2 Å². The van der Waals surface area contributed by atoms with E-state index >= 15 is 0 Å². The second-order valence-electron chi connectivity index (χ2n) is 5.33. The molecule has 0 radical (unpaired) electrons. The normalized spacial score (nSPS) is 12.1. The van der Waals surface area contributed by atoms with Crippen molar-refractivity contribution in [3.8, 4) is 5.75 Å². The number of halogens is 2. The van der Waals surface area contributed by atoms with Crippen molar-refractivity contribution in [3.63, 3.8) is 0 Å². The molecule has 0 spiro atoms. The van der Waals surface area contributed by atoms with Crippen LogP contribution < -0.4 is 4.74 Å². The van der Waals surface area contributed by atoms with Crippen LogP contribution in [0.25, 0.3) is 0 Å². The zero-order valence-corrected chi connectivity index (χ0v) is 13.4. The van der Waals surface area contributed by atoms with E-state index in [9.17, 15) is 13.6 Å². The van der Waals surface area contributed by atoms with Gasteiger partial charge in [-0.1, -0.05) is 5.16 Å². The van der Waals surface area contributed by atoms with E-state index in [0.29, 0.717) is 12.3 Å². The van der Waals surface area contributed by atoms with E-state index in [1.54, 1.807) is 27.8 Å². The zero-order chi connectivity index (χ0) is 17.1. The third kappa shape index (κ3) is 3.85. The molecule has 2 rings (SSSR count). The third-order valence-corrected chi connectivity index (χ3v) is 3.50. The Hall–Kier alpha value is -2.44. The molecule has 2 aromatic rings. The Labute approximate surface area is 132 Å². The number of nitrogens with zero attached hydrogens (tertiary/aromatic N) is 2. The summed E-state index contributed by atoms with van der Waals surface area (Å²) in [4.78, 5) is 13.8. The van der Waals surface area contributed by atoms with E-state index in [1.807, 2.05) is 0 Å². The minimum absolute atomic E-state index is 0.0930. The molecule has 23 heavy (non-hydrogen) atoms. The second kappa shape index (κ2) is 6.76. The molecule has 124 valence electrons. The van der Waals surface area contributed by atoms with E-state index < -0.39 is 17.7 Å². The number of amides is 1. The van der Waals surface area contributed by atoms with Gasteiger partial charge in [0, 0.05) is 18.7 Å². The molecule has 1 heterocycles. The minimum atomic E-state index is -1.02. The highest BCUT2D eigenvalue weighted by atomic mass is 19.2. The van der Waals surface area contributed by atoms with Crippen LogP contribution in [0.4, 0.5) is 8.78 Å². The lowest BCUT2D eigenvalue weighted by atomic mass is 10.2. The summed E-state index contributed by atoms with van der Waals surface area (Å²) in [5.41, 5.74) is 1.55. The van der Waals surface area contributed by atoms with Crippen molar-refractivity contribution in [2.24, 2.45) is 0 Å². The molecule has 1 atom stereocenters. The quantitative estimate of drug-likeness (QED) is 0.848. The molecule has 1 aromatic carbocycles. The topological polar surface area (TPSA) is 55.6 Å². The summed E-state index contributed by atoms with van der Waals surface area (Å²) < 4.78 is 36.5. The Bertz CT molecular complexity index is 696. The zero-order valence-electron chi connectivity index (χ0n) is 13.4. The highest BCUT2D eigenvalue weighted by Crippen LogP contribution is 2.18. The largest absolute Gasteiger partial charge is 0.481 e. The first-order chi connectivity index (χ1) is 10.8. The van der Waals surface area contributed by atoms with Gasteiger partial charge in [0.15, 0.2) is 17.7 Å². The number of rotatable bonds is 5. The van der Waals surface area contributed by atoms with Gasteiger partial charge in [-0.3, -0.25) is 4.79 Å². The molecule has 0 fully saturated rings. The van der Waals surface area contributed by atoms with Gasteiger partial charge in [0.05, 0.1) is 12.2 Å². The number of likely N-dealkylation sites (N-methyl/N-ethyl adjacent to an activating group) is 1. The van der Waals surface area contributed by atoms with Crippen molar-refractivity contribution in [1.82, 2.24) is 10.1 Å². The first-order valence-electron chi connectivity index (χ1n) is 7.08. The molecule has 1 aromatic heterocycles. The molecule has 0 bridgehead atoms. The summed E-state index contributed by atoms with van der Waals surface area (Å²) in [5, 5.41) is 3.84. The number of hydrogen-bond donors (Lipinski definition) is 0. The number of hydrogen-bond acceptors (Lipinski definition) is 4. The number of carbonyl (C=O) groups excluding carboxylic acids is 1. The monoisotopic (exact) mass is 324 g/mol. The Morgan fingerprint density at radius 2 is 2.04 bits per heavy atom. The third-order valence-electron chi connectivity index (χ3n) is 3.50. The summed E-state index contributed by atoms with van der Waals surface area (Å²) in [6.07, 6.45) is -0.842. The average molecular weight is 324 g/mol. The van der Waals surface area contributed by atoms with Gasteiger partial charge in [-0.15, -0.1) is 0 Å². The van der Waals surface area contributed by atoms with Gasteiger partial charge in [-0.25, -0.2) is 8.78 Å². The van der Waals surface area contributed by atoms with Crippen molar-refractivity contribution in [2.75, 3.05) is 7.05 Å². The van der Waals surface area contributed by atoms with Gasteiger partial charge in [0.2, 0.25) is 0 Å². The highest BCUT2D eigenvalue weighted by Gasteiger charge is 2.22. The van der Waals surface area contributed by atoms with E-state index in [0.717, 1.165) is 23.4 Å². The molecule has 0 saturated carbocycles. The Balaban J connectivity index is 2.02. The fraction of sp³-hybridized carbons (Fsp3) is 0.375. The van der Waals surface area contributed by atoms with Crippen LogP contribution in [0.1, 0.15) is 23.9 Å². The molecule has 5 nitrogen and oxygen atoms in total. The van der Waals surface area contributed by atoms with E-state index in [-0.39, 0.29) is 11.7 Å². The van der Waals surface area contributed by atoms with Crippen LogP contribution in [0.3, 0.4) is 0 Å². The SMILES string of the molecule is Cc1noc(C)c1CN(C)C(=O)[C@H](C)Oc1ccc(F)c(F)c1. The Morgan fingerprint density at radius 1 is 1.35 bits per heavy atom. The van der Waals surface area contributed by atoms with Gasteiger partial charge in [0.25, 0.3) is 5.91 Å². The maximum absolute atomic E-state index is 13.2. The maximum Gasteiger partial charge on any atom is 0.263 e. The lowest BCUT2D eigenvalue weighted by Gasteiger charge is -2.22. The van der Waals surface area contributed by atoms with Crippen molar-refractivity contribution in [2.45, 2.75) is 33.4 Å². The van der Waals surface area contributed by atoms with Crippen molar-refractivity contribution >= 4 is 5.91 Å². The van der Waals surface area contributed by atoms with Crippen LogP contribution in [-0.4, -0.2) is 29.1 Å². The predicted molar refractivity (Wildman–Crippen MR) is 78.9 cm³/mol. The smallest absolute Gasteiger partial charge is 0.263 e. The van der Waals surface area contributed by atoms with Crippen LogP contribution in [0.2, 0.25) is 0 Å². The highest BCUT2D eigenvalue weighted by molar-refractivity contribution is 5.80. The van der Waals surface area contributed by atoms with E-state index in [2.05, 4.69) is 5.16 Å². The molecular weight excluding hydrogens is 306 g/mol. The van der Waals surface area contributed by atoms with Crippen LogP contribution in [0, 0.1) is 25.5 Å². The van der Waals surface area contributed by atoms with Crippen molar-refractivity contribution < 1.29 is 22.8 Å². The number of benzene rings is 1. The predicted octanol–water partition coefficient (Wildman–Crippen LogP) is 3.00. The van der Waals surface area contributed by atoms with Gasteiger partial charge >= 0.3 is 0 Å². The molecular formula is C16H18F2N2O3. The van der Waals surface area contributed by atoms with Crippen LogP contribution in [0.15, 0.2) is 22.7 Å². The number of aryl methyl sites for hydroxylation is 2. The molecule has 0 unspecified atom stereocenters. The summed E-state index contributed by atoms with van der Waals surface area (Å²) >= 11 is 0. The number of ether oxygens (including phenoxy) is 1. The summed E-state index contributed by atoms with van der Waals surface area (Å²) in [5.74, 6) is -1.54. The first-order valence-corrected chi connectivity index (χ1v) is 7.08. The molecule has 1 amide bonds. The molecule has 0 N–H and O–H groups in total. The summed E-state index contributed by atoms with van der Waals surface area (Å²) in [6, 6.07) is 3.14. The molecule has 7 heteroatoms. The van der Waals surface area contributed by atoms with Crippen LogP contribution >= 0.6 is 0 Å². The Morgan fingerprint density at radius 3 is 2.61 bits per heavy atom. The standard InChI is InChI=1S/C16H18F2N2O3/c1-9-13(10(2)23-19-9)8-20(4)16(21)11(3)22-12-5-6-14(17)15(18)7-12/h5-7,11H,8H2,1-4H3/t11-/m0/s1. The number of aromatic nitrogens is 1. The minimum Gasteiger partial charge on any atom is -0.481 e. The van der Waals surface area contributed by atoms with E-state index in [4.69, 9.17) is 9.26 Å². The van der Waals surface area contributed by atoms with Gasteiger partial charge in [-0.05, 0) is 32.9 Å². The lowest BCUT2D eigenvalue weighted by molar-refractivity contribution is -0.137. The molecule has 0 aliphatic carbocycles. The van der Waals surface area contributed by atoms with Crippen LogP contribution in [0.5, 0.6) is 5.75 Å². The molecule has 0 aliphatic heterocycles. The second-order valence-corrected chi connectivity index (χ2v) is 5.33. The summed E-state index contributed by atoms with van der Waals surface area (Å²) in [6.45, 7) is 5.44. The fourth-order valence-corrected chi connectivity index (χ4v) is 2.16. The van der Waals surface area contributed by atoms with Crippen LogP contribution in [-0.2, 0) is 11.3 Å². The molecule has 0 aliphatic rings. The number of carbonyl (C=O) groups is 1. The van der Waals surface area contributed by atoms with Gasteiger partial charge in [-0.2, -0.15) is 0 Å². The lowest BCUT2D eigenvalue weighted by Crippen LogP contribution is -2.37. The fourth-order valence-electron chi connectivity index (χ4n) is 2.16. The Kier molecular flexibility index (Phi) is 4.98. The average Bonchev–Trinajstić information content (AvgIpc) is 2.82. The van der Waals surface area contributed by atoms with Gasteiger partial charge in [0.1, 0.15) is 11.5 Å².